The minimum absolute atomic E-state index is 0.0511. The lowest BCUT2D eigenvalue weighted by molar-refractivity contribution is -0.166. The third-order valence-corrected chi connectivity index (χ3v) is 8.00. The van der Waals surface area contributed by atoms with Gasteiger partial charge in [-0.3, -0.25) is 9.59 Å². The second kappa shape index (κ2) is 9.45. The van der Waals surface area contributed by atoms with Crippen LogP contribution in [0.15, 0.2) is 66.7 Å². The van der Waals surface area contributed by atoms with Gasteiger partial charge in [0.2, 0.25) is 5.91 Å². The van der Waals surface area contributed by atoms with Gasteiger partial charge in [0, 0.05) is 35.5 Å². The number of ether oxygens (including phenoxy) is 2. The molecule has 2 amide bonds. The van der Waals surface area contributed by atoms with E-state index in [4.69, 9.17) is 9.47 Å². The molecule has 6 rings (SSSR count). The molecule has 1 N–H and O–H groups in total. The number of carbonyl (C=O) groups excluding carboxylic acids is 2. The van der Waals surface area contributed by atoms with Gasteiger partial charge in [-0.05, 0) is 49.2 Å². The quantitative estimate of drug-likeness (QED) is 0.385. The number of nitrogens with one attached hydrogen (secondary N) is 1. The monoisotopic (exact) mass is 527 g/mol. The lowest BCUT2D eigenvalue weighted by atomic mass is 9.76. The average molecular weight is 528 g/mol. The van der Waals surface area contributed by atoms with Gasteiger partial charge in [0.25, 0.3) is 5.91 Å². The highest BCUT2D eigenvalue weighted by Gasteiger charge is 2.56. The van der Waals surface area contributed by atoms with E-state index in [9.17, 15) is 14.0 Å². The molecule has 1 fully saturated rings. The first-order chi connectivity index (χ1) is 18.9. The number of aromatic nitrogens is 1. The molecular weight excluding hydrogens is 497 g/mol. The molecular formula is C31H30FN3O4. The number of piperazine rings is 1. The van der Waals surface area contributed by atoms with Gasteiger partial charge in [0.15, 0.2) is 17.0 Å². The molecule has 4 aromatic rings. The number of hydrogen-bond donors (Lipinski definition) is 1. The van der Waals surface area contributed by atoms with Crippen LogP contribution in [-0.4, -0.2) is 53.4 Å². The summed E-state index contributed by atoms with van der Waals surface area (Å²) in [6.07, 6.45) is 0. The van der Waals surface area contributed by atoms with Gasteiger partial charge in [0.05, 0.1) is 19.4 Å². The first-order valence-electron chi connectivity index (χ1n) is 13.1. The van der Waals surface area contributed by atoms with Gasteiger partial charge >= 0.3 is 0 Å². The molecule has 0 unspecified atom stereocenters. The zero-order valence-electron chi connectivity index (χ0n) is 22.2. The molecule has 0 bridgehead atoms. The van der Waals surface area contributed by atoms with Crippen LogP contribution < -0.4 is 9.47 Å². The predicted molar refractivity (Wildman–Crippen MR) is 145 cm³/mol. The second-order valence-electron chi connectivity index (χ2n) is 10.2. The van der Waals surface area contributed by atoms with Crippen LogP contribution in [0.25, 0.3) is 10.9 Å². The standard InChI is InChI=1S/C31H30FN3O4/c1-4-39-28-21(9-7-11-25(28)38-3)23-17-35-26(36)18-34(16-19-12-14-20(32)15-13-19)30(37)31(35,2)29-27(23)22-8-5-6-10-24(22)33-29/h5-15,23,33H,4,16-18H2,1-3H3/t23-,31+/m1/s1. The SMILES string of the molecule is CCOc1c(OC)cccc1[C@H]1CN2C(=O)CN(Cc3ccc(F)cc3)C(=O)[C@]2(C)c2[nH]c3ccccc3c21. The zero-order valence-corrected chi connectivity index (χ0v) is 22.2. The Morgan fingerprint density at radius 2 is 1.82 bits per heavy atom. The summed E-state index contributed by atoms with van der Waals surface area (Å²) in [5, 5.41) is 1.000. The minimum Gasteiger partial charge on any atom is -0.493 e. The number of nitrogens with zero attached hydrogens (tertiary/aromatic N) is 2. The Morgan fingerprint density at radius 1 is 1.05 bits per heavy atom. The number of amides is 2. The topological polar surface area (TPSA) is 74.9 Å². The van der Waals surface area contributed by atoms with E-state index in [-0.39, 0.29) is 36.6 Å². The van der Waals surface area contributed by atoms with Gasteiger partial charge in [-0.15, -0.1) is 0 Å². The molecule has 0 saturated carbocycles. The molecule has 7 nitrogen and oxygen atoms in total. The summed E-state index contributed by atoms with van der Waals surface area (Å²) in [4.78, 5) is 34.8. The minimum atomic E-state index is -1.23. The molecule has 8 heteroatoms. The number of methoxy groups -OCH3 is 1. The molecule has 3 aromatic carbocycles. The fraction of sp³-hybridized carbons (Fsp3) is 0.290. The normalized spacial score (nSPS) is 20.7. The zero-order chi connectivity index (χ0) is 27.3. The van der Waals surface area contributed by atoms with Crippen LogP contribution >= 0.6 is 0 Å². The van der Waals surface area contributed by atoms with Gasteiger partial charge in [-0.1, -0.05) is 42.5 Å². The number of fused-ring (bicyclic) bond motifs is 5. The number of aromatic amines is 1. The lowest BCUT2D eigenvalue weighted by Crippen LogP contribution is -2.67. The molecule has 1 saturated heterocycles. The number of carbonyl (C=O) groups is 2. The van der Waals surface area contributed by atoms with Crippen molar-refractivity contribution < 1.29 is 23.5 Å². The van der Waals surface area contributed by atoms with Gasteiger partial charge in [-0.2, -0.15) is 0 Å². The van der Waals surface area contributed by atoms with E-state index in [1.807, 2.05) is 56.3 Å². The Hall–Kier alpha value is -4.33. The Morgan fingerprint density at radius 3 is 2.56 bits per heavy atom. The lowest BCUT2D eigenvalue weighted by Gasteiger charge is -2.51. The molecule has 0 spiro atoms. The van der Waals surface area contributed by atoms with E-state index >= 15 is 0 Å². The van der Waals surface area contributed by atoms with Gasteiger partial charge in [-0.25, -0.2) is 4.39 Å². The van der Waals surface area contributed by atoms with Crippen LogP contribution in [0.5, 0.6) is 11.5 Å². The highest BCUT2D eigenvalue weighted by Crippen LogP contribution is 2.50. The van der Waals surface area contributed by atoms with Crippen molar-refractivity contribution in [3.8, 4) is 11.5 Å². The van der Waals surface area contributed by atoms with Crippen LogP contribution in [0, 0.1) is 5.82 Å². The second-order valence-corrected chi connectivity index (χ2v) is 10.2. The van der Waals surface area contributed by atoms with Crippen molar-refractivity contribution in [1.29, 1.82) is 0 Å². The third kappa shape index (κ3) is 3.85. The highest BCUT2D eigenvalue weighted by atomic mass is 19.1. The van der Waals surface area contributed by atoms with Crippen LogP contribution in [0.4, 0.5) is 4.39 Å². The molecule has 200 valence electrons. The van der Waals surface area contributed by atoms with E-state index in [1.54, 1.807) is 29.0 Å². The Labute approximate surface area is 226 Å². The summed E-state index contributed by atoms with van der Waals surface area (Å²) >= 11 is 0. The summed E-state index contributed by atoms with van der Waals surface area (Å²) in [7, 11) is 1.61. The Kier molecular flexibility index (Phi) is 6.05. The van der Waals surface area contributed by atoms with E-state index < -0.39 is 5.54 Å². The summed E-state index contributed by atoms with van der Waals surface area (Å²) in [5.74, 6) is 0.351. The fourth-order valence-corrected chi connectivity index (χ4v) is 6.16. The van der Waals surface area contributed by atoms with Crippen molar-refractivity contribution in [2.45, 2.75) is 31.8 Å². The average Bonchev–Trinajstić information content (AvgIpc) is 3.34. The number of benzene rings is 3. The molecule has 2 atom stereocenters. The van der Waals surface area contributed by atoms with Crippen LogP contribution in [0.3, 0.4) is 0 Å². The Bertz CT molecular complexity index is 1580. The summed E-state index contributed by atoms with van der Waals surface area (Å²) < 4.78 is 25.2. The largest absolute Gasteiger partial charge is 0.493 e. The Balaban J connectivity index is 1.52. The smallest absolute Gasteiger partial charge is 0.255 e. The molecule has 0 aliphatic carbocycles. The van der Waals surface area contributed by atoms with Crippen LogP contribution in [-0.2, 0) is 21.7 Å². The number of para-hydroxylation sites is 2. The molecule has 2 aliphatic rings. The number of H-pyrrole nitrogens is 1. The summed E-state index contributed by atoms with van der Waals surface area (Å²) in [6.45, 7) is 4.69. The maximum atomic E-state index is 14.2. The predicted octanol–water partition coefficient (Wildman–Crippen LogP) is 4.95. The third-order valence-electron chi connectivity index (χ3n) is 8.00. The first-order valence-corrected chi connectivity index (χ1v) is 13.1. The van der Waals surface area contributed by atoms with Crippen LogP contribution in [0.2, 0.25) is 0 Å². The number of halogens is 1. The molecule has 39 heavy (non-hydrogen) atoms. The van der Waals surface area contributed by atoms with Crippen LogP contribution in [0.1, 0.15) is 42.1 Å². The summed E-state index contributed by atoms with van der Waals surface area (Å²) in [6, 6.07) is 19.8. The van der Waals surface area contributed by atoms with E-state index in [1.165, 1.54) is 12.1 Å². The highest BCUT2D eigenvalue weighted by molar-refractivity contribution is 6.01. The first kappa shape index (κ1) is 25.0. The van der Waals surface area contributed by atoms with Crippen molar-refractivity contribution in [2.75, 3.05) is 26.8 Å². The van der Waals surface area contributed by atoms with Crippen molar-refractivity contribution in [3.05, 3.63) is 94.9 Å². The number of hydrogen-bond acceptors (Lipinski definition) is 4. The molecule has 3 heterocycles. The fourth-order valence-electron chi connectivity index (χ4n) is 6.16. The number of rotatable bonds is 6. The van der Waals surface area contributed by atoms with Gasteiger partial charge in [0.1, 0.15) is 12.4 Å². The summed E-state index contributed by atoms with van der Waals surface area (Å²) in [5.41, 5.74) is 3.00. The maximum absolute atomic E-state index is 14.2. The molecule has 0 radical (unpaired) electrons. The maximum Gasteiger partial charge on any atom is 0.255 e. The van der Waals surface area contributed by atoms with E-state index in [2.05, 4.69) is 4.98 Å². The van der Waals surface area contributed by atoms with E-state index in [0.29, 0.717) is 30.3 Å². The molecule has 2 aliphatic heterocycles. The van der Waals surface area contributed by atoms with Crippen molar-refractivity contribution in [1.82, 2.24) is 14.8 Å². The van der Waals surface area contributed by atoms with Gasteiger partial charge < -0.3 is 24.3 Å². The van der Waals surface area contributed by atoms with Crippen molar-refractivity contribution >= 4 is 22.7 Å². The molecule has 1 aromatic heterocycles. The van der Waals surface area contributed by atoms with Crippen molar-refractivity contribution in [2.24, 2.45) is 0 Å². The van der Waals surface area contributed by atoms with E-state index in [0.717, 1.165) is 27.6 Å². The van der Waals surface area contributed by atoms with Crippen molar-refractivity contribution in [3.63, 3.8) is 0 Å².